The number of piperidine rings is 1. The van der Waals surface area contributed by atoms with Crippen LogP contribution in [0, 0.1) is 10.1 Å². The number of halogens is 1. The SMILES string of the molecule is CCN(CC1CCCCN1)c1cc(Cl)ccc1[N+](=O)[O-]. The molecule has 1 saturated heterocycles. The van der Waals surface area contributed by atoms with Crippen LogP contribution in [0.5, 0.6) is 0 Å². The number of nitrogens with zero attached hydrogens (tertiary/aromatic N) is 2. The van der Waals surface area contributed by atoms with Gasteiger partial charge in [-0.2, -0.15) is 0 Å². The highest BCUT2D eigenvalue weighted by Crippen LogP contribution is 2.31. The minimum atomic E-state index is -0.345. The maximum absolute atomic E-state index is 11.2. The van der Waals surface area contributed by atoms with Gasteiger partial charge in [0.25, 0.3) is 5.69 Å². The molecule has 1 atom stereocenters. The normalized spacial score (nSPS) is 18.8. The Bertz CT molecular complexity index is 475. The molecule has 1 heterocycles. The molecule has 1 aromatic carbocycles. The van der Waals surface area contributed by atoms with E-state index in [-0.39, 0.29) is 10.6 Å². The topological polar surface area (TPSA) is 58.4 Å². The van der Waals surface area contributed by atoms with E-state index in [0.717, 1.165) is 26.1 Å². The standard InChI is InChI=1S/C14H20ClN3O2/c1-2-17(10-12-5-3-4-8-16-12)14-9-11(15)6-7-13(14)18(19)20/h6-7,9,12,16H,2-5,8,10H2,1H3. The van der Waals surface area contributed by atoms with Crippen molar-refractivity contribution in [2.45, 2.75) is 32.2 Å². The van der Waals surface area contributed by atoms with Crippen LogP contribution >= 0.6 is 11.6 Å². The molecule has 1 N–H and O–H groups in total. The third kappa shape index (κ3) is 3.61. The summed E-state index contributed by atoms with van der Waals surface area (Å²) in [6, 6.07) is 5.12. The van der Waals surface area contributed by atoms with Crippen LogP contribution in [0.4, 0.5) is 11.4 Å². The van der Waals surface area contributed by atoms with Crippen LogP contribution in [0.15, 0.2) is 18.2 Å². The quantitative estimate of drug-likeness (QED) is 0.670. The molecule has 0 aliphatic carbocycles. The van der Waals surface area contributed by atoms with Crippen molar-refractivity contribution in [3.63, 3.8) is 0 Å². The van der Waals surface area contributed by atoms with E-state index in [9.17, 15) is 10.1 Å². The molecule has 0 saturated carbocycles. The molecule has 6 heteroatoms. The number of anilines is 1. The number of nitro groups is 1. The molecule has 1 aliphatic heterocycles. The van der Waals surface area contributed by atoms with Gasteiger partial charge in [0.2, 0.25) is 0 Å². The van der Waals surface area contributed by atoms with Gasteiger partial charge in [-0.05, 0) is 38.4 Å². The Kier molecular flexibility index (Phi) is 5.20. The summed E-state index contributed by atoms with van der Waals surface area (Å²) < 4.78 is 0. The summed E-state index contributed by atoms with van der Waals surface area (Å²) in [7, 11) is 0. The number of rotatable bonds is 5. The molecule has 1 aliphatic rings. The fourth-order valence-electron chi connectivity index (χ4n) is 2.65. The van der Waals surface area contributed by atoms with Crippen LogP contribution in [-0.2, 0) is 0 Å². The van der Waals surface area contributed by atoms with Crippen molar-refractivity contribution in [3.05, 3.63) is 33.3 Å². The Morgan fingerprint density at radius 2 is 2.30 bits per heavy atom. The Balaban J connectivity index is 2.21. The molecular formula is C14H20ClN3O2. The van der Waals surface area contributed by atoms with Gasteiger partial charge in [0.1, 0.15) is 5.69 Å². The highest BCUT2D eigenvalue weighted by molar-refractivity contribution is 6.31. The molecular weight excluding hydrogens is 278 g/mol. The van der Waals surface area contributed by atoms with Crippen molar-refractivity contribution in [2.24, 2.45) is 0 Å². The first-order valence-electron chi connectivity index (χ1n) is 7.04. The molecule has 0 radical (unpaired) electrons. The zero-order valence-electron chi connectivity index (χ0n) is 11.6. The maximum atomic E-state index is 11.2. The second-order valence-electron chi connectivity index (χ2n) is 5.08. The monoisotopic (exact) mass is 297 g/mol. The van der Waals surface area contributed by atoms with Crippen molar-refractivity contribution >= 4 is 23.0 Å². The lowest BCUT2D eigenvalue weighted by molar-refractivity contribution is -0.384. The van der Waals surface area contributed by atoms with Gasteiger partial charge in [-0.1, -0.05) is 18.0 Å². The van der Waals surface area contributed by atoms with E-state index in [1.807, 2.05) is 11.8 Å². The van der Waals surface area contributed by atoms with E-state index in [2.05, 4.69) is 5.32 Å². The number of likely N-dealkylation sites (N-methyl/N-ethyl adjacent to an activating group) is 1. The first-order chi connectivity index (χ1) is 9.61. The highest BCUT2D eigenvalue weighted by atomic mass is 35.5. The van der Waals surface area contributed by atoms with E-state index in [1.54, 1.807) is 12.1 Å². The minimum absolute atomic E-state index is 0.118. The summed E-state index contributed by atoms with van der Waals surface area (Å²) in [5, 5.41) is 15.2. The van der Waals surface area contributed by atoms with Gasteiger partial charge in [0.15, 0.2) is 0 Å². The van der Waals surface area contributed by atoms with E-state index < -0.39 is 0 Å². The Labute approximate surface area is 124 Å². The fourth-order valence-corrected chi connectivity index (χ4v) is 2.81. The van der Waals surface area contributed by atoms with Gasteiger partial charge in [0, 0.05) is 30.2 Å². The second-order valence-corrected chi connectivity index (χ2v) is 5.51. The van der Waals surface area contributed by atoms with Crippen LogP contribution in [-0.4, -0.2) is 30.6 Å². The van der Waals surface area contributed by atoms with Crippen molar-refractivity contribution in [1.82, 2.24) is 5.32 Å². The average molecular weight is 298 g/mol. The maximum Gasteiger partial charge on any atom is 0.292 e. The van der Waals surface area contributed by atoms with Gasteiger partial charge >= 0.3 is 0 Å². The predicted molar refractivity (Wildman–Crippen MR) is 81.6 cm³/mol. The average Bonchev–Trinajstić information content (AvgIpc) is 2.45. The van der Waals surface area contributed by atoms with Crippen molar-refractivity contribution in [3.8, 4) is 0 Å². The third-order valence-electron chi connectivity index (χ3n) is 3.71. The van der Waals surface area contributed by atoms with E-state index >= 15 is 0 Å². The molecule has 5 nitrogen and oxygen atoms in total. The highest BCUT2D eigenvalue weighted by Gasteiger charge is 2.22. The molecule has 110 valence electrons. The van der Waals surface area contributed by atoms with E-state index in [1.165, 1.54) is 18.9 Å². The molecule has 0 bridgehead atoms. The van der Waals surface area contributed by atoms with Gasteiger partial charge < -0.3 is 10.2 Å². The van der Waals surface area contributed by atoms with Crippen LogP contribution in [0.25, 0.3) is 0 Å². The van der Waals surface area contributed by atoms with Crippen molar-refractivity contribution in [1.29, 1.82) is 0 Å². The molecule has 1 unspecified atom stereocenters. The molecule has 0 spiro atoms. The summed E-state index contributed by atoms with van der Waals surface area (Å²) in [5.41, 5.74) is 0.726. The zero-order valence-corrected chi connectivity index (χ0v) is 12.4. The molecule has 0 amide bonds. The van der Waals surface area contributed by atoms with E-state index in [4.69, 9.17) is 11.6 Å². The molecule has 0 aromatic heterocycles. The zero-order chi connectivity index (χ0) is 14.5. The van der Waals surface area contributed by atoms with Gasteiger partial charge in [-0.25, -0.2) is 0 Å². The van der Waals surface area contributed by atoms with Gasteiger partial charge in [0.05, 0.1) is 4.92 Å². The number of hydrogen-bond acceptors (Lipinski definition) is 4. The van der Waals surface area contributed by atoms with Gasteiger partial charge in [-0.15, -0.1) is 0 Å². The summed E-state index contributed by atoms with van der Waals surface area (Å²) >= 11 is 6.00. The van der Waals surface area contributed by atoms with Gasteiger partial charge in [-0.3, -0.25) is 10.1 Å². The first kappa shape index (κ1) is 15.1. The Hall–Kier alpha value is -1.33. The first-order valence-corrected chi connectivity index (χ1v) is 7.42. The third-order valence-corrected chi connectivity index (χ3v) is 3.94. The summed E-state index contributed by atoms with van der Waals surface area (Å²) in [4.78, 5) is 12.9. The lowest BCUT2D eigenvalue weighted by Gasteiger charge is -2.31. The fraction of sp³-hybridized carbons (Fsp3) is 0.571. The molecule has 2 rings (SSSR count). The Morgan fingerprint density at radius 3 is 2.90 bits per heavy atom. The number of nitrogens with one attached hydrogen (secondary N) is 1. The summed E-state index contributed by atoms with van der Waals surface area (Å²) in [6.07, 6.45) is 3.54. The second kappa shape index (κ2) is 6.90. The van der Waals surface area contributed by atoms with Crippen molar-refractivity contribution < 1.29 is 4.92 Å². The largest absolute Gasteiger partial charge is 0.365 e. The predicted octanol–water partition coefficient (Wildman–Crippen LogP) is 3.22. The van der Waals surface area contributed by atoms with E-state index in [0.29, 0.717) is 16.8 Å². The lowest BCUT2D eigenvalue weighted by Crippen LogP contribution is -2.43. The number of hydrogen-bond donors (Lipinski definition) is 1. The van der Waals surface area contributed by atoms with Crippen LogP contribution in [0.3, 0.4) is 0 Å². The molecule has 20 heavy (non-hydrogen) atoms. The molecule has 1 aromatic rings. The molecule has 1 fully saturated rings. The number of benzene rings is 1. The summed E-state index contributed by atoms with van der Waals surface area (Å²) in [5.74, 6) is 0. The smallest absolute Gasteiger partial charge is 0.292 e. The van der Waals surface area contributed by atoms with Crippen LogP contribution in [0.1, 0.15) is 26.2 Å². The van der Waals surface area contributed by atoms with Crippen molar-refractivity contribution in [2.75, 3.05) is 24.5 Å². The van der Waals surface area contributed by atoms with Crippen LogP contribution < -0.4 is 10.2 Å². The minimum Gasteiger partial charge on any atom is -0.365 e. The Morgan fingerprint density at radius 1 is 1.50 bits per heavy atom. The number of nitro benzene ring substituents is 1. The van der Waals surface area contributed by atoms with Crippen LogP contribution in [0.2, 0.25) is 5.02 Å². The summed E-state index contributed by atoms with van der Waals surface area (Å²) in [6.45, 7) is 4.53. The lowest BCUT2D eigenvalue weighted by atomic mass is 10.0.